The van der Waals surface area contributed by atoms with Crippen LogP contribution in [-0.2, 0) is 11.3 Å². The van der Waals surface area contributed by atoms with Crippen molar-refractivity contribution in [1.29, 1.82) is 5.26 Å². The number of nitrogens with zero attached hydrogens (tertiary/aromatic N) is 3. The lowest BCUT2D eigenvalue weighted by Gasteiger charge is -2.14. The number of ether oxygens (including phenoxy) is 2. The lowest BCUT2D eigenvalue weighted by atomic mass is 10.1. The Morgan fingerprint density at radius 2 is 2.25 bits per heavy atom. The van der Waals surface area contributed by atoms with Crippen LogP contribution in [0.3, 0.4) is 0 Å². The van der Waals surface area contributed by atoms with E-state index < -0.39 is 5.54 Å². The summed E-state index contributed by atoms with van der Waals surface area (Å²) in [6.45, 7) is 3.06. The standard InChI is InChI=1S/C14H18N4O2/c1-14(16,9-15)10-18-8-11-3-4-12(7-13(11)17-18)20-6-5-19-2/h3-4,7-8H,5-6,10,16H2,1-2H3. The number of hydrogen-bond donors (Lipinski definition) is 1. The normalized spacial score (nSPS) is 13.9. The third-order valence-corrected chi connectivity index (χ3v) is 2.83. The molecule has 20 heavy (non-hydrogen) atoms. The first kappa shape index (κ1) is 14.3. The third kappa shape index (κ3) is 3.47. The van der Waals surface area contributed by atoms with Crippen LogP contribution in [-0.4, -0.2) is 35.6 Å². The highest BCUT2D eigenvalue weighted by Crippen LogP contribution is 2.20. The zero-order valence-electron chi connectivity index (χ0n) is 11.7. The number of methoxy groups -OCH3 is 1. The van der Waals surface area contributed by atoms with Gasteiger partial charge in [-0.15, -0.1) is 0 Å². The van der Waals surface area contributed by atoms with Crippen molar-refractivity contribution >= 4 is 10.9 Å². The van der Waals surface area contributed by atoms with E-state index in [1.54, 1.807) is 18.7 Å². The van der Waals surface area contributed by atoms with Gasteiger partial charge >= 0.3 is 0 Å². The molecule has 0 aliphatic heterocycles. The first-order valence-electron chi connectivity index (χ1n) is 6.33. The van der Waals surface area contributed by atoms with Crippen LogP contribution >= 0.6 is 0 Å². The van der Waals surface area contributed by atoms with Gasteiger partial charge in [0.1, 0.15) is 17.9 Å². The zero-order valence-corrected chi connectivity index (χ0v) is 11.7. The molecular formula is C14H18N4O2. The highest BCUT2D eigenvalue weighted by molar-refractivity contribution is 5.79. The van der Waals surface area contributed by atoms with Crippen LogP contribution in [0.4, 0.5) is 0 Å². The Morgan fingerprint density at radius 1 is 1.45 bits per heavy atom. The monoisotopic (exact) mass is 274 g/mol. The van der Waals surface area contributed by atoms with Gasteiger partial charge < -0.3 is 15.2 Å². The molecule has 6 nitrogen and oxygen atoms in total. The number of hydrogen-bond acceptors (Lipinski definition) is 5. The summed E-state index contributed by atoms with van der Waals surface area (Å²) in [5.41, 5.74) is 5.70. The fraction of sp³-hybridized carbons (Fsp3) is 0.429. The fourth-order valence-corrected chi connectivity index (χ4v) is 1.83. The Morgan fingerprint density at radius 3 is 2.95 bits per heavy atom. The summed E-state index contributed by atoms with van der Waals surface area (Å²) in [5, 5.41) is 14.3. The van der Waals surface area contributed by atoms with Gasteiger partial charge in [-0.2, -0.15) is 10.4 Å². The van der Waals surface area contributed by atoms with Crippen molar-refractivity contribution < 1.29 is 9.47 Å². The van der Waals surface area contributed by atoms with Crippen molar-refractivity contribution in [2.75, 3.05) is 20.3 Å². The first-order valence-corrected chi connectivity index (χ1v) is 6.33. The average Bonchev–Trinajstić information content (AvgIpc) is 2.79. The molecule has 2 aromatic rings. The second-order valence-corrected chi connectivity index (χ2v) is 4.92. The van der Waals surface area contributed by atoms with Crippen LogP contribution in [0.5, 0.6) is 5.75 Å². The van der Waals surface area contributed by atoms with Crippen LogP contribution in [0.15, 0.2) is 24.4 Å². The minimum Gasteiger partial charge on any atom is -0.491 e. The summed E-state index contributed by atoms with van der Waals surface area (Å²) in [6.07, 6.45) is 1.87. The van der Waals surface area contributed by atoms with Gasteiger partial charge in [0.15, 0.2) is 0 Å². The van der Waals surface area contributed by atoms with Gasteiger partial charge in [-0.25, -0.2) is 0 Å². The first-order chi connectivity index (χ1) is 9.54. The molecule has 0 aliphatic carbocycles. The predicted octanol–water partition coefficient (Wildman–Crippen LogP) is 1.30. The second-order valence-electron chi connectivity index (χ2n) is 4.92. The predicted molar refractivity (Wildman–Crippen MR) is 75.3 cm³/mol. The van der Waals surface area contributed by atoms with Gasteiger partial charge in [-0.1, -0.05) is 0 Å². The highest BCUT2D eigenvalue weighted by Gasteiger charge is 2.18. The molecule has 1 heterocycles. The lowest BCUT2D eigenvalue weighted by Crippen LogP contribution is -2.39. The summed E-state index contributed by atoms with van der Waals surface area (Å²) in [7, 11) is 1.63. The van der Waals surface area contributed by atoms with Gasteiger partial charge in [0.25, 0.3) is 0 Å². The molecule has 0 spiro atoms. The third-order valence-electron chi connectivity index (χ3n) is 2.83. The van der Waals surface area contributed by atoms with E-state index >= 15 is 0 Å². The summed E-state index contributed by atoms with van der Waals surface area (Å²) in [5.74, 6) is 0.746. The van der Waals surface area contributed by atoms with E-state index in [4.69, 9.17) is 20.5 Å². The van der Waals surface area contributed by atoms with Crippen LogP contribution < -0.4 is 10.5 Å². The molecule has 0 aliphatic rings. The van der Waals surface area contributed by atoms with Crippen LogP contribution in [0.25, 0.3) is 10.9 Å². The highest BCUT2D eigenvalue weighted by atomic mass is 16.5. The lowest BCUT2D eigenvalue weighted by molar-refractivity contribution is 0.146. The molecular weight excluding hydrogens is 256 g/mol. The van der Waals surface area contributed by atoms with Crippen molar-refractivity contribution in [2.24, 2.45) is 5.73 Å². The Bertz CT molecular complexity index is 628. The number of nitriles is 1. The molecule has 0 radical (unpaired) electrons. The maximum absolute atomic E-state index is 8.95. The largest absolute Gasteiger partial charge is 0.491 e. The Labute approximate surface area is 117 Å². The molecule has 1 unspecified atom stereocenters. The molecule has 2 rings (SSSR count). The molecule has 1 atom stereocenters. The van der Waals surface area contributed by atoms with E-state index in [9.17, 15) is 0 Å². The van der Waals surface area contributed by atoms with E-state index in [1.807, 2.05) is 24.4 Å². The molecule has 0 saturated heterocycles. The van der Waals surface area contributed by atoms with Gasteiger partial charge in [0.2, 0.25) is 0 Å². The summed E-state index contributed by atoms with van der Waals surface area (Å²) < 4.78 is 12.2. The molecule has 0 bridgehead atoms. The minimum atomic E-state index is -0.931. The zero-order chi connectivity index (χ0) is 14.6. The Hall–Kier alpha value is -2.10. The molecule has 1 aromatic carbocycles. The van der Waals surface area contributed by atoms with Crippen LogP contribution in [0.1, 0.15) is 6.92 Å². The summed E-state index contributed by atoms with van der Waals surface area (Å²) in [6, 6.07) is 7.74. The average molecular weight is 274 g/mol. The van der Waals surface area contributed by atoms with Gasteiger partial charge in [0.05, 0.1) is 24.7 Å². The molecule has 0 amide bonds. The van der Waals surface area contributed by atoms with Crippen LogP contribution in [0, 0.1) is 11.3 Å². The Kier molecular flexibility index (Phi) is 4.23. The number of nitrogens with two attached hydrogens (primary N) is 1. The van der Waals surface area contributed by atoms with E-state index in [-0.39, 0.29) is 0 Å². The van der Waals surface area contributed by atoms with Crippen LogP contribution in [0.2, 0.25) is 0 Å². The number of benzene rings is 1. The maximum Gasteiger partial charge on any atom is 0.121 e. The van der Waals surface area contributed by atoms with Crippen molar-refractivity contribution in [3.05, 3.63) is 24.4 Å². The number of rotatable bonds is 6. The molecule has 106 valence electrons. The SMILES string of the molecule is COCCOc1ccc2cn(CC(C)(N)C#N)nc2c1. The van der Waals surface area contributed by atoms with E-state index in [0.717, 1.165) is 16.7 Å². The molecule has 6 heteroatoms. The van der Waals surface area contributed by atoms with Gasteiger partial charge in [-0.3, -0.25) is 4.68 Å². The van der Waals surface area contributed by atoms with E-state index in [2.05, 4.69) is 11.2 Å². The molecule has 0 saturated carbocycles. The van der Waals surface area contributed by atoms with E-state index in [1.165, 1.54) is 0 Å². The molecule has 1 aromatic heterocycles. The molecule has 2 N–H and O–H groups in total. The van der Waals surface area contributed by atoms with E-state index in [0.29, 0.717) is 19.8 Å². The smallest absolute Gasteiger partial charge is 0.121 e. The van der Waals surface area contributed by atoms with Gasteiger partial charge in [-0.05, 0) is 19.1 Å². The summed E-state index contributed by atoms with van der Waals surface area (Å²) in [4.78, 5) is 0. The quantitative estimate of drug-likeness (QED) is 0.802. The van der Waals surface area contributed by atoms with Crippen molar-refractivity contribution in [3.8, 4) is 11.8 Å². The van der Waals surface area contributed by atoms with Crippen molar-refractivity contribution in [3.63, 3.8) is 0 Å². The summed E-state index contributed by atoms with van der Waals surface area (Å²) >= 11 is 0. The second kappa shape index (κ2) is 5.90. The molecule has 0 fully saturated rings. The Balaban J connectivity index is 2.16. The maximum atomic E-state index is 8.95. The number of aromatic nitrogens is 2. The van der Waals surface area contributed by atoms with Crippen molar-refractivity contribution in [1.82, 2.24) is 9.78 Å². The van der Waals surface area contributed by atoms with Gasteiger partial charge in [0, 0.05) is 24.8 Å². The topological polar surface area (TPSA) is 86.1 Å². The van der Waals surface area contributed by atoms with Crippen molar-refractivity contribution in [2.45, 2.75) is 19.0 Å². The fourth-order valence-electron chi connectivity index (χ4n) is 1.83. The number of fused-ring (bicyclic) bond motifs is 1. The minimum absolute atomic E-state index is 0.345.